The number of aliphatic hydroxyl groups is 1. The molecule has 0 amide bonds. The first-order chi connectivity index (χ1) is 18.0. The fourth-order valence-electron chi connectivity index (χ4n) is 5.16. The number of nitrogens with two attached hydrogens (primary N) is 1. The molecule has 1 atom stereocenters. The number of halogens is 1. The molecule has 0 radical (unpaired) electrons. The number of rotatable bonds is 4. The van der Waals surface area contributed by atoms with Crippen molar-refractivity contribution in [1.29, 1.82) is 0 Å². The largest absolute Gasteiger partial charge is 0.507 e. The number of amidine groups is 1. The van der Waals surface area contributed by atoms with Crippen LogP contribution >= 0.6 is 15.9 Å². The number of benzene rings is 3. The van der Waals surface area contributed by atoms with E-state index in [1.165, 1.54) is 12.1 Å². The van der Waals surface area contributed by atoms with Gasteiger partial charge in [0.1, 0.15) is 11.6 Å². The quantitative estimate of drug-likeness (QED) is 0.344. The first kappa shape index (κ1) is 26.1. The predicted octanol–water partition coefficient (Wildman–Crippen LogP) is 6.35. The highest BCUT2D eigenvalue weighted by molar-refractivity contribution is 9.10. The number of Topliss-reactive ketones (excluding diaryl/α,β-unsaturated/α-hetero) is 1. The molecule has 1 aliphatic carbocycles. The molecule has 1 heterocycles. The highest BCUT2D eigenvalue weighted by Gasteiger charge is 2.42. The zero-order valence-electron chi connectivity index (χ0n) is 21.0. The van der Waals surface area contributed by atoms with Gasteiger partial charge in [-0.25, -0.2) is 13.4 Å². The van der Waals surface area contributed by atoms with E-state index in [-0.39, 0.29) is 32.6 Å². The molecule has 2 aliphatic rings. The summed E-state index contributed by atoms with van der Waals surface area (Å²) in [4.78, 5) is 18.5. The molecule has 0 saturated heterocycles. The zero-order chi connectivity index (χ0) is 27.2. The van der Waals surface area contributed by atoms with E-state index in [0.717, 1.165) is 4.47 Å². The molecule has 1 aliphatic heterocycles. The summed E-state index contributed by atoms with van der Waals surface area (Å²) in [7, 11) is -3.72. The molecular weight excluding hydrogens is 564 g/mol. The SMILES string of the molecule is CC1(C)CC(=O)C2=C(C1)N=C(N)C(=C(O)c1ccc(Br)cc1)C2c1ccc(S(=O)(=O)c2ccccc2)cc1. The molecule has 8 heteroatoms. The Morgan fingerprint density at radius 2 is 1.55 bits per heavy atom. The zero-order valence-corrected chi connectivity index (χ0v) is 23.4. The van der Waals surface area contributed by atoms with Crippen molar-refractivity contribution in [3.05, 3.63) is 111 Å². The lowest BCUT2D eigenvalue weighted by molar-refractivity contribution is -0.118. The first-order valence-electron chi connectivity index (χ1n) is 12.2. The number of carbonyl (C=O) groups is 1. The van der Waals surface area contributed by atoms with E-state index >= 15 is 0 Å². The van der Waals surface area contributed by atoms with Crippen molar-refractivity contribution in [2.24, 2.45) is 16.1 Å². The smallest absolute Gasteiger partial charge is 0.206 e. The van der Waals surface area contributed by atoms with Gasteiger partial charge in [0.25, 0.3) is 0 Å². The number of nitrogens with zero attached hydrogens (tertiary/aromatic N) is 1. The van der Waals surface area contributed by atoms with E-state index in [1.807, 2.05) is 13.8 Å². The fraction of sp³-hybridized carbons (Fsp3) is 0.200. The number of carbonyl (C=O) groups excluding carboxylic acids is 1. The van der Waals surface area contributed by atoms with E-state index in [9.17, 15) is 18.3 Å². The average Bonchev–Trinajstić information content (AvgIpc) is 2.88. The van der Waals surface area contributed by atoms with Crippen LogP contribution in [0, 0.1) is 5.41 Å². The summed E-state index contributed by atoms with van der Waals surface area (Å²) >= 11 is 3.41. The van der Waals surface area contributed by atoms with Crippen molar-refractivity contribution < 1.29 is 18.3 Å². The van der Waals surface area contributed by atoms with Gasteiger partial charge in [-0.3, -0.25) is 4.79 Å². The topological polar surface area (TPSA) is 110 Å². The summed E-state index contributed by atoms with van der Waals surface area (Å²) in [6.45, 7) is 4.03. The van der Waals surface area contributed by atoms with Crippen LogP contribution < -0.4 is 5.73 Å². The van der Waals surface area contributed by atoms with Crippen LogP contribution in [0.2, 0.25) is 0 Å². The lowest BCUT2D eigenvalue weighted by Gasteiger charge is -2.37. The van der Waals surface area contributed by atoms with E-state index in [1.54, 1.807) is 66.7 Å². The molecule has 38 heavy (non-hydrogen) atoms. The second-order valence-corrected chi connectivity index (χ2v) is 13.3. The predicted molar refractivity (Wildman–Crippen MR) is 151 cm³/mol. The van der Waals surface area contributed by atoms with Gasteiger partial charge in [0.2, 0.25) is 9.84 Å². The lowest BCUT2D eigenvalue weighted by Crippen LogP contribution is -2.35. The molecule has 194 valence electrons. The van der Waals surface area contributed by atoms with Crippen LogP contribution in [0.5, 0.6) is 0 Å². The molecule has 0 spiro atoms. The maximum Gasteiger partial charge on any atom is 0.206 e. The minimum absolute atomic E-state index is 0.0559. The lowest BCUT2D eigenvalue weighted by atomic mass is 9.68. The Hall–Kier alpha value is -3.49. The van der Waals surface area contributed by atoms with E-state index < -0.39 is 15.8 Å². The molecule has 0 aromatic heterocycles. The Balaban J connectivity index is 1.67. The number of hydrogen-bond acceptors (Lipinski definition) is 6. The number of allylic oxidation sites excluding steroid dienone is 2. The number of hydrogen-bond donors (Lipinski definition) is 2. The van der Waals surface area contributed by atoms with Crippen LogP contribution in [0.1, 0.15) is 43.7 Å². The summed E-state index contributed by atoms with van der Waals surface area (Å²) in [6, 6.07) is 21.8. The number of aliphatic hydroxyl groups excluding tert-OH is 1. The van der Waals surface area contributed by atoms with Crippen molar-refractivity contribution in [3.8, 4) is 0 Å². The van der Waals surface area contributed by atoms with Crippen molar-refractivity contribution in [3.63, 3.8) is 0 Å². The first-order valence-corrected chi connectivity index (χ1v) is 14.5. The third-order valence-electron chi connectivity index (χ3n) is 6.96. The van der Waals surface area contributed by atoms with Crippen molar-refractivity contribution in [2.45, 2.75) is 42.4 Å². The second kappa shape index (κ2) is 9.67. The van der Waals surface area contributed by atoms with Crippen LogP contribution in [0.15, 0.2) is 115 Å². The highest BCUT2D eigenvalue weighted by Crippen LogP contribution is 2.48. The molecule has 1 unspecified atom stereocenters. The molecule has 0 bridgehead atoms. The minimum Gasteiger partial charge on any atom is -0.507 e. The van der Waals surface area contributed by atoms with Crippen molar-refractivity contribution in [2.75, 3.05) is 0 Å². The third kappa shape index (κ3) is 4.74. The molecular formula is C30H27BrN2O4S. The standard InChI is InChI=1S/C30H27BrN2O4S/c1-30(2)16-23-26(24(34)17-30)25(27(29(32)33-23)28(35)19-8-12-20(31)13-9-19)18-10-14-22(15-11-18)38(36,37)21-6-4-3-5-7-21/h3-15,25,35H,16-17H2,1-2H3,(H2,32,33). The Labute approximate surface area is 230 Å². The Morgan fingerprint density at radius 3 is 2.18 bits per heavy atom. The molecule has 0 saturated carbocycles. The van der Waals surface area contributed by atoms with Gasteiger partial charge in [-0.1, -0.05) is 72.2 Å². The Bertz CT molecular complexity index is 1620. The summed E-state index contributed by atoms with van der Waals surface area (Å²) in [5, 5.41) is 11.4. The normalized spacial score (nSPS) is 20.6. The van der Waals surface area contributed by atoms with Crippen LogP contribution in [0.3, 0.4) is 0 Å². The van der Waals surface area contributed by atoms with Crippen molar-refractivity contribution >= 4 is 43.1 Å². The number of ketones is 1. The van der Waals surface area contributed by atoms with Gasteiger partial charge in [0.05, 0.1) is 15.5 Å². The average molecular weight is 592 g/mol. The summed E-state index contributed by atoms with van der Waals surface area (Å²) in [5.41, 5.74) is 8.82. The molecule has 6 nitrogen and oxygen atoms in total. The summed E-state index contributed by atoms with van der Waals surface area (Å²) in [6.07, 6.45) is 0.905. The second-order valence-electron chi connectivity index (χ2n) is 10.4. The van der Waals surface area contributed by atoms with E-state index in [2.05, 4.69) is 20.9 Å². The van der Waals surface area contributed by atoms with Gasteiger partial charge in [-0.15, -0.1) is 0 Å². The van der Waals surface area contributed by atoms with Crippen LogP contribution in [-0.4, -0.2) is 25.1 Å². The van der Waals surface area contributed by atoms with Crippen LogP contribution in [0.25, 0.3) is 5.76 Å². The van der Waals surface area contributed by atoms with Gasteiger partial charge < -0.3 is 10.8 Å². The van der Waals surface area contributed by atoms with Gasteiger partial charge in [0.15, 0.2) is 5.78 Å². The third-order valence-corrected chi connectivity index (χ3v) is 9.27. The van der Waals surface area contributed by atoms with E-state index in [0.29, 0.717) is 40.8 Å². The van der Waals surface area contributed by atoms with Crippen molar-refractivity contribution in [1.82, 2.24) is 0 Å². The van der Waals surface area contributed by atoms with Crippen LogP contribution in [0.4, 0.5) is 0 Å². The molecule has 5 rings (SSSR count). The van der Waals surface area contributed by atoms with Gasteiger partial charge >= 0.3 is 0 Å². The molecule has 3 aromatic carbocycles. The van der Waals surface area contributed by atoms with Gasteiger partial charge in [-0.2, -0.15) is 0 Å². The monoisotopic (exact) mass is 590 g/mol. The molecule has 3 aromatic rings. The number of sulfone groups is 1. The Kier molecular flexibility index (Phi) is 6.65. The molecule has 3 N–H and O–H groups in total. The van der Waals surface area contributed by atoms with Crippen LogP contribution in [-0.2, 0) is 14.6 Å². The molecule has 0 fully saturated rings. The summed E-state index contributed by atoms with van der Waals surface area (Å²) in [5.74, 6) is -0.683. The summed E-state index contributed by atoms with van der Waals surface area (Å²) < 4.78 is 27.2. The number of aliphatic imine (C=N–C) groups is 1. The maximum absolute atomic E-state index is 13.5. The minimum atomic E-state index is -3.72. The van der Waals surface area contributed by atoms with Gasteiger partial charge in [-0.05, 0) is 53.8 Å². The van der Waals surface area contributed by atoms with Gasteiger partial charge in [0, 0.05) is 33.5 Å². The Morgan fingerprint density at radius 1 is 0.947 bits per heavy atom. The van der Waals surface area contributed by atoms with E-state index in [4.69, 9.17) is 5.73 Å². The highest BCUT2D eigenvalue weighted by atomic mass is 79.9. The maximum atomic E-state index is 13.5. The fourth-order valence-corrected chi connectivity index (χ4v) is 6.70.